The molecule has 13 heavy (non-hydrogen) atoms. The Labute approximate surface area is 164 Å². The standard InChI is InChI=1S/C8H12.4HI.Pt/c1-2-4-6-8-7-5-3-1;;;;;/h1-4H,5-8H2;4*1H;/q;;;;;+4/p-4/b3-1-,4-2-;;;;;. The van der Waals surface area contributed by atoms with E-state index in [0.29, 0.717) is 0 Å². The minimum absolute atomic E-state index is 0. The normalized spacial score (nSPS) is 17.2. The van der Waals surface area contributed by atoms with E-state index in [0.717, 1.165) is 0 Å². The molecule has 0 nitrogen and oxygen atoms in total. The molecule has 82 valence electrons. The zero-order chi connectivity index (χ0) is 5.66. The van der Waals surface area contributed by atoms with Crippen molar-refractivity contribution in [3.8, 4) is 0 Å². The van der Waals surface area contributed by atoms with Gasteiger partial charge in [0, 0.05) is 0 Å². The van der Waals surface area contributed by atoms with Crippen LogP contribution in [0.25, 0.3) is 0 Å². The van der Waals surface area contributed by atoms with E-state index in [1.54, 1.807) is 0 Å². The van der Waals surface area contributed by atoms with Gasteiger partial charge in [0.15, 0.2) is 0 Å². The molecule has 0 atom stereocenters. The van der Waals surface area contributed by atoms with Crippen LogP contribution >= 0.6 is 0 Å². The fraction of sp³-hybridized carbons (Fsp3) is 0.500. The molecule has 0 saturated heterocycles. The monoisotopic (exact) mass is 811 g/mol. The summed E-state index contributed by atoms with van der Waals surface area (Å²) in [4.78, 5) is 0. The van der Waals surface area contributed by atoms with Gasteiger partial charge in [-0.25, -0.2) is 0 Å². The largest absolute Gasteiger partial charge is 4.00 e. The zero-order valence-corrected chi connectivity index (χ0v) is 17.9. The Morgan fingerprint density at radius 2 is 0.923 bits per heavy atom. The summed E-state index contributed by atoms with van der Waals surface area (Å²) in [6, 6.07) is 0. The molecule has 0 aromatic carbocycles. The van der Waals surface area contributed by atoms with E-state index in [1.807, 2.05) is 0 Å². The molecule has 0 spiro atoms. The van der Waals surface area contributed by atoms with Crippen LogP contribution in [-0.2, 0) is 21.1 Å². The molecule has 0 heterocycles. The van der Waals surface area contributed by atoms with Crippen LogP contribution in [0.3, 0.4) is 0 Å². The topological polar surface area (TPSA) is 0 Å². The van der Waals surface area contributed by atoms with Crippen molar-refractivity contribution >= 4 is 0 Å². The molecule has 0 aliphatic heterocycles. The van der Waals surface area contributed by atoms with Gasteiger partial charge in [-0.2, -0.15) is 0 Å². The third kappa shape index (κ3) is 21.0. The Kier molecular flexibility index (Phi) is 55.8. The van der Waals surface area contributed by atoms with Crippen LogP contribution < -0.4 is 95.9 Å². The van der Waals surface area contributed by atoms with Crippen molar-refractivity contribution in [1.82, 2.24) is 0 Å². The molecule has 0 aromatic rings. The van der Waals surface area contributed by atoms with Gasteiger partial charge >= 0.3 is 21.1 Å². The van der Waals surface area contributed by atoms with Crippen LogP contribution in [0.1, 0.15) is 25.7 Å². The van der Waals surface area contributed by atoms with E-state index in [4.69, 9.17) is 0 Å². The van der Waals surface area contributed by atoms with E-state index >= 15 is 0 Å². The molecule has 0 radical (unpaired) electrons. The summed E-state index contributed by atoms with van der Waals surface area (Å²) in [5.41, 5.74) is 0. The van der Waals surface area contributed by atoms with Crippen molar-refractivity contribution in [3.63, 3.8) is 0 Å². The first-order valence-electron chi connectivity index (χ1n) is 3.32. The van der Waals surface area contributed by atoms with Gasteiger partial charge in [-0.05, 0) is 25.7 Å². The summed E-state index contributed by atoms with van der Waals surface area (Å²) < 4.78 is 0. The van der Waals surface area contributed by atoms with Crippen molar-refractivity contribution in [1.29, 1.82) is 0 Å². The molecule has 0 aromatic heterocycles. The van der Waals surface area contributed by atoms with Gasteiger partial charge in [-0.1, -0.05) is 24.3 Å². The van der Waals surface area contributed by atoms with Gasteiger partial charge in [0.2, 0.25) is 0 Å². The number of hydrogen-bond donors (Lipinski definition) is 0. The van der Waals surface area contributed by atoms with Crippen molar-refractivity contribution in [3.05, 3.63) is 24.3 Å². The van der Waals surface area contributed by atoms with Gasteiger partial charge in [0.25, 0.3) is 0 Å². The summed E-state index contributed by atoms with van der Waals surface area (Å²) in [6.45, 7) is 0. The average molecular weight is 811 g/mol. The van der Waals surface area contributed by atoms with Gasteiger partial charge < -0.3 is 95.9 Å². The van der Waals surface area contributed by atoms with Crippen LogP contribution in [0.2, 0.25) is 0 Å². The average Bonchev–Trinajstić information content (AvgIpc) is 1.62. The molecule has 0 bridgehead atoms. The van der Waals surface area contributed by atoms with Crippen molar-refractivity contribution in [2.24, 2.45) is 0 Å². The van der Waals surface area contributed by atoms with Gasteiger partial charge in [-0.15, -0.1) is 0 Å². The Balaban J connectivity index is -0.0000000427. The second kappa shape index (κ2) is 24.4. The first kappa shape index (κ1) is 29.8. The van der Waals surface area contributed by atoms with Crippen LogP contribution in [0.4, 0.5) is 0 Å². The number of halogens is 4. The first-order valence-corrected chi connectivity index (χ1v) is 3.32. The molecule has 0 N–H and O–H groups in total. The molecule has 0 amide bonds. The van der Waals surface area contributed by atoms with Crippen LogP contribution in [-0.4, -0.2) is 0 Å². The van der Waals surface area contributed by atoms with Gasteiger partial charge in [0.1, 0.15) is 0 Å². The summed E-state index contributed by atoms with van der Waals surface area (Å²) in [5, 5.41) is 0. The zero-order valence-electron chi connectivity index (χ0n) is 6.97. The van der Waals surface area contributed by atoms with Crippen molar-refractivity contribution in [2.75, 3.05) is 0 Å². The summed E-state index contributed by atoms with van der Waals surface area (Å²) in [7, 11) is 0. The minimum Gasteiger partial charge on any atom is -1.00 e. The number of allylic oxidation sites excluding steroid dienone is 4. The van der Waals surface area contributed by atoms with Gasteiger partial charge in [0.05, 0.1) is 0 Å². The summed E-state index contributed by atoms with van der Waals surface area (Å²) >= 11 is 0. The second-order valence-corrected chi connectivity index (χ2v) is 2.14. The Bertz CT molecular complexity index is 101. The smallest absolute Gasteiger partial charge is 1.00 e. The third-order valence-corrected chi connectivity index (χ3v) is 1.37. The summed E-state index contributed by atoms with van der Waals surface area (Å²) in [6.07, 6.45) is 14.0. The molecular weight excluding hydrogens is 799 g/mol. The van der Waals surface area contributed by atoms with Gasteiger partial charge in [-0.3, -0.25) is 0 Å². The molecule has 0 unspecified atom stereocenters. The quantitative estimate of drug-likeness (QED) is 0.214. The van der Waals surface area contributed by atoms with Crippen LogP contribution in [0.15, 0.2) is 24.3 Å². The number of hydrogen-bond acceptors (Lipinski definition) is 0. The van der Waals surface area contributed by atoms with Crippen molar-refractivity contribution < 1.29 is 117 Å². The van der Waals surface area contributed by atoms with Crippen LogP contribution in [0, 0.1) is 0 Å². The molecular formula is C8H12I4Pt. The molecule has 5 heteroatoms. The minimum atomic E-state index is 0. The first-order chi connectivity index (χ1) is 4.00. The molecule has 0 saturated carbocycles. The molecule has 0 fully saturated rings. The maximum absolute atomic E-state index is 2.23. The van der Waals surface area contributed by atoms with E-state index in [9.17, 15) is 0 Å². The maximum atomic E-state index is 2.23. The summed E-state index contributed by atoms with van der Waals surface area (Å²) in [5.74, 6) is 0. The second-order valence-electron chi connectivity index (χ2n) is 2.14. The van der Waals surface area contributed by atoms with E-state index in [1.165, 1.54) is 25.7 Å². The SMILES string of the molecule is C1=C\CCCC\C=C/1.[I-].[I-].[I-].[I-].[Pt+4]. The van der Waals surface area contributed by atoms with E-state index in [2.05, 4.69) is 24.3 Å². The fourth-order valence-corrected chi connectivity index (χ4v) is 0.874. The molecule has 1 aliphatic rings. The fourth-order valence-electron chi connectivity index (χ4n) is 0.874. The van der Waals surface area contributed by atoms with Crippen molar-refractivity contribution in [2.45, 2.75) is 25.7 Å². The third-order valence-electron chi connectivity index (χ3n) is 1.37. The Hall–Kier alpha value is 3.09. The predicted octanol–water partition coefficient (Wildman–Crippen LogP) is -9.31. The Morgan fingerprint density at radius 3 is 1.23 bits per heavy atom. The van der Waals surface area contributed by atoms with E-state index in [-0.39, 0.29) is 117 Å². The molecule has 1 rings (SSSR count). The van der Waals surface area contributed by atoms with E-state index < -0.39 is 0 Å². The van der Waals surface area contributed by atoms with Crippen LogP contribution in [0.5, 0.6) is 0 Å². The molecule has 1 aliphatic carbocycles. The Morgan fingerprint density at radius 1 is 0.615 bits per heavy atom. The maximum Gasteiger partial charge on any atom is 4.00 e. The number of rotatable bonds is 0. The predicted molar refractivity (Wildman–Crippen MR) is 36.7 cm³/mol.